The minimum absolute atomic E-state index is 0.0220. The van der Waals surface area contributed by atoms with Crippen molar-refractivity contribution in [3.8, 4) is 0 Å². The quantitative estimate of drug-likeness (QED) is 0.723. The lowest BCUT2D eigenvalue weighted by atomic mass is 10.3. The van der Waals surface area contributed by atoms with Gasteiger partial charge < -0.3 is 9.73 Å². The van der Waals surface area contributed by atoms with E-state index in [4.69, 9.17) is 4.42 Å². The van der Waals surface area contributed by atoms with Crippen molar-refractivity contribution in [1.82, 2.24) is 14.5 Å². The fourth-order valence-electron chi connectivity index (χ4n) is 2.84. The van der Waals surface area contributed by atoms with Gasteiger partial charge in [0.2, 0.25) is 5.91 Å². The summed E-state index contributed by atoms with van der Waals surface area (Å²) < 4.78 is 8.49. The molecule has 2 heterocycles. The smallest absolute Gasteiger partial charge is 0.329 e. The standard InChI is InChI=1S/C18H21N3O3/c1-2-11-20-15-7-3-4-8-16(15)21(18(20)23)13-17(22)19-10-9-14-6-5-12-24-14/h3-8,12H,2,9-11,13H2,1H3,(H,19,22). The Labute approximate surface area is 139 Å². The molecule has 2 aromatic heterocycles. The summed E-state index contributed by atoms with van der Waals surface area (Å²) in [6.45, 7) is 3.18. The van der Waals surface area contributed by atoms with Crippen LogP contribution < -0.4 is 11.0 Å². The van der Waals surface area contributed by atoms with E-state index >= 15 is 0 Å². The topological polar surface area (TPSA) is 69.2 Å². The first kappa shape index (κ1) is 16.1. The summed E-state index contributed by atoms with van der Waals surface area (Å²) in [6.07, 6.45) is 3.10. The zero-order valence-corrected chi connectivity index (χ0v) is 13.7. The minimum atomic E-state index is -0.178. The van der Waals surface area contributed by atoms with Gasteiger partial charge in [0.05, 0.1) is 17.3 Å². The van der Waals surface area contributed by atoms with Crippen LogP contribution in [0.15, 0.2) is 51.9 Å². The van der Waals surface area contributed by atoms with Gasteiger partial charge in [-0.1, -0.05) is 19.1 Å². The largest absolute Gasteiger partial charge is 0.469 e. The number of para-hydroxylation sites is 2. The van der Waals surface area contributed by atoms with E-state index < -0.39 is 0 Å². The number of fused-ring (bicyclic) bond motifs is 1. The van der Waals surface area contributed by atoms with Crippen LogP contribution in [-0.2, 0) is 24.3 Å². The average Bonchev–Trinajstić information content (AvgIpc) is 3.18. The summed E-state index contributed by atoms with van der Waals surface area (Å²) in [5.74, 6) is 0.648. The van der Waals surface area contributed by atoms with Crippen LogP contribution in [0.5, 0.6) is 0 Å². The van der Waals surface area contributed by atoms with E-state index in [2.05, 4.69) is 5.32 Å². The predicted molar refractivity (Wildman–Crippen MR) is 91.9 cm³/mol. The van der Waals surface area contributed by atoms with Crippen molar-refractivity contribution in [2.45, 2.75) is 32.9 Å². The molecule has 126 valence electrons. The Bertz CT molecular complexity index is 875. The third-order valence-corrected chi connectivity index (χ3v) is 3.95. The molecular formula is C18H21N3O3. The highest BCUT2D eigenvalue weighted by Gasteiger charge is 2.14. The van der Waals surface area contributed by atoms with E-state index in [1.54, 1.807) is 10.8 Å². The van der Waals surface area contributed by atoms with E-state index in [-0.39, 0.29) is 18.1 Å². The SMILES string of the molecule is CCCn1c(=O)n(CC(=O)NCCc2ccco2)c2ccccc21. The third kappa shape index (κ3) is 3.27. The molecule has 0 aliphatic rings. The Morgan fingerprint density at radius 3 is 2.54 bits per heavy atom. The molecule has 3 aromatic rings. The summed E-state index contributed by atoms with van der Waals surface area (Å²) in [7, 11) is 0. The molecule has 0 saturated heterocycles. The van der Waals surface area contributed by atoms with Crippen LogP contribution in [0.3, 0.4) is 0 Å². The maximum absolute atomic E-state index is 12.6. The summed E-state index contributed by atoms with van der Waals surface area (Å²) in [4.78, 5) is 24.8. The monoisotopic (exact) mass is 327 g/mol. The molecule has 0 aliphatic heterocycles. The molecule has 1 amide bonds. The van der Waals surface area contributed by atoms with Gasteiger partial charge in [0, 0.05) is 19.5 Å². The van der Waals surface area contributed by atoms with Gasteiger partial charge in [-0.3, -0.25) is 13.9 Å². The number of imidazole rings is 1. The van der Waals surface area contributed by atoms with Crippen molar-refractivity contribution in [3.63, 3.8) is 0 Å². The van der Waals surface area contributed by atoms with Gasteiger partial charge in [0.25, 0.3) is 0 Å². The lowest BCUT2D eigenvalue weighted by Crippen LogP contribution is -2.34. The molecule has 0 radical (unpaired) electrons. The second kappa shape index (κ2) is 7.21. The van der Waals surface area contributed by atoms with Crippen molar-refractivity contribution >= 4 is 16.9 Å². The number of hydrogen-bond donors (Lipinski definition) is 1. The van der Waals surface area contributed by atoms with Gasteiger partial charge in [0.15, 0.2) is 0 Å². The Morgan fingerprint density at radius 1 is 1.12 bits per heavy atom. The van der Waals surface area contributed by atoms with Crippen molar-refractivity contribution in [3.05, 3.63) is 58.9 Å². The number of hydrogen-bond acceptors (Lipinski definition) is 3. The second-order valence-corrected chi connectivity index (χ2v) is 5.69. The first-order chi connectivity index (χ1) is 11.7. The van der Waals surface area contributed by atoms with Gasteiger partial charge in [-0.2, -0.15) is 0 Å². The van der Waals surface area contributed by atoms with Crippen LogP contribution in [-0.4, -0.2) is 21.6 Å². The fourth-order valence-corrected chi connectivity index (χ4v) is 2.84. The number of carbonyl (C=O) groups excluding carboxylic acids is 1. The summed E-state index contributed by atoms with van der Waals surface area (Å²) >= 11 is 0. The molecule has 6 nitrogen and oxygen atoms in total. The summed E-state index contributed by atoms with van der Waals surface area (Å²) in [5, 5.41) is 2.83. The molecule has 0 bridgehead atoms. The number of nitrogens with zero attached hydrogens (tertiary/aromatic N) is 2. The molecule has 0 saturated carbocycles. The van der Waals surface area contributed by atoms with E-state index in [0.717, 1.165) is 23.2 Å². The van der Waals surface area contributed by atoms with E-state index in [1.165, 1.54) is 4.57 Å². The molecule has 0 spiro atoms. The van der Waals surface area contributed by atoms with E-state index in [1.807, 2.05) is 43.3 Å². The van der Waals surface area contributed by atoms with Crippen molar-refractivity contribution in [1.29, 1.82) is 0 Å². The summed E-state index contributed by atoms with van der Waals surface area (Å²) in [6, 6.07) is 11.3. The number of carbonyl (C=O) groups is 1. The maximum Gasteiger partial charge on any atom is 0.329 e. The highest BCUT2D eigenvalue weighted by atomic mass is 16.3. The maximum atomic E-state index is 12.6. The zero-order valence-electron chi connectivity index (χ0n) is 13.7. The third-order valence-electron chi connectivity index (χ3n) is 3.95. The van der Waals surface area contributed by atoms with Crippen LogP contribution in [0.1, 0.15) is 19.1 Å². The van der Waals surface area contributed by atoms with Gasteiger partial charge in [0.1, 0.15) is 12.3 Å². The molecule has 0 fully saturated rings. The molecule has 0 unspecified atom stereocenters. The highest BCUT2D eigenvalue weighted by Crippen LogP contribution is 2.13. The lowest BCUT2D eigenvalue weighted by molar-refractivity contribution is -0.121. The Morgan fingerprint density at radius 2 is 1.88 bits per heavy atom. The molecular weight excluding hydrogens is 306 g/mol. The fraction of sp³-hybridized carbons (Fsp3) is 0.333. The van der Waals surface area contributed by atoms with Crippen molar-refractivity contribution < 1.29 is 9.21 Å². The number of rotatable bonds is 7. The molecule has 0 atom stereocenters. The Hall–Kier alpha value is -2.76. The number of nitrogens with one attached hydrogen (secondary N) is 1. The molecule has 1 N–H and O–H groups in total. The average molecular weight is 327 g/mol. The van der Waals surface area contributed by atoms with Crippen LogP contribution in [0, 0.1) is 0 Å². The second-order valence-electron chi connectivity index (χ2n) is 5.69. The first-order valence-corrected chi connectivity index (χ1v) is 8.18. The van der Waals surface area contributed by atoms with Crippen molar-refractivity contribution in [2.75, 3.05) is 6.54 Å². The van der Waals surface area contributed by atoms with E-state index in [0.29, 0.717) is 19.5 Å². The number of amides is 1. The normalized spacial score (nSPS) is 11.0. The molecule has 0 aliphatic carbocycles. The first-order valence-electron chi connectivity index (χ1n) is 8.18. The summed E-state index contributed by atoms with van der Waals surface area (Å²) in [5.41, 5.74) is 1.52. The predicted octanol–water partition coefficient (Wildman–Crippen LogP) is 2.16. The van der Waals surface area contributed by atoms with Crippen LogP contribution >= 0.6 is 0 Å². The van der Waals surface area contributed by atoms with Crippen LogP contribution in [0.25, 0.3) is 11.0 Å². The van der Waals surface area contributed by atoms with E-state index in [9.17, 15) is 9.59 Å². The van der Waals surface area contributed by atoms with Gasteiger partial charge in [-0.15, -0.1) is 0 Å². The number of aryl methyl sites for hydroxylation is 1. The Kier molecular flexibility index (Phi) is 4.84. The zero-order chi connectivity index (χ0) is 16.9. The lowest BCUT2D eigenvalue weighted by Gasteiger charge is -2.05. The van der Waals surface area contributed by atoms with Crippen LogP contribution in [0.4, 0.5) is 0 Å². The van der Waals surface area contributed by atoms with Crippen LogP contribution in [0.2, 0.25) is 0 Å². The van der Waals surface area contributed by atoms with Gasteiger partial charge in [-0.25, -0.2) is 4.79 Å². The number of furan rings is 1. The van der Waals surface area contributed by atoms with Gasteiger partial charge in [-0.05, 0) is 30.7 Å². The number of aromatic nitrogens is 2. The molecule has 6 heteroatoms. The van der Waals surface area contributed by atoms with Crippen molar-refractivity contribution in [2.24, 2.45) is 0 Å². The molecule has 24 heavy (non-hydrogen) atoms. The molecule has 3 rings (SSSR count). The van der Waals surface area contributed by atoms with Gasteiger partial charge >= 0.3 is 5.69 Å². The number of benzene rings is 1. The Balaban J connectivity index is 1.73. The minimum Gasteiger partial charge on any atom is -0.469 e. The highest BCUT2D eigenvalue weighted by molar-refractivity contribution is 5.80. The molecule has 1 aromatic carbocycles.